The Morgan fingerprint density at radius 2 is 1.69 bits per heavy atom. The first kappa shape index (κ1) is 32.8. The molecule has 1 aromatic carbocycles. The van der Waals surface area contributed by atoms with E-state index in [1.807, 2.05) is 0 Å². The maximum Gasteiger partial charge on any atom is 0.263 e. The van der Waals surface area contributed by atoms with Gasteiger partial charge in [0.05, 0.1) is 24.2 Å². The maximum absolute atomic E-state index is 14.5. The number of aromatic amines is 1. The lowest BCUT2D eigenvalue weighted by atomic mass is 10.2. The number of aromatic nitrogens is 2. The number of nitrogens with one attached hydrogen (secondary N) is 3. The Bertz CT molecular complexity index is 1020. The molecule has 2 aromatic rings. The summed E-state index contributed by atoms with van der Waals surface area (Å²) in [6, 6.07) is -0.267. The predicted molar refractivity (Wildman–Crippen MR) is 136 cm³/mol. The zero-order valence-corrected chi connectivity index (χ0v) is 23.0. The van der Waals surface area contributed by atoms with Crippen molar-refractivity contribution in [2.75, 3.05) is 32.6 Å². The summed E-state index contributed by atoms with van der Waals surface area (Å²) in [6.45, 7) is 2.91. The number of hydrogen-bond acceptors (Lipinski definition) is 7. The monoisotopic (exact) mass is 626 g/mol. The van der Waals surface area contributed by atoms with E-state index in [-0.39, 0.29) is 63.1 Å². The normalized spacial score (nSPS) is 13.1. The van der Waals surface area contributed by atoms with Gasteiger partial charge < -0.3 is 25.5 Å². The van der Waals surface area contributed by atoms with Gasteiger partial charge in [-0.1, -0.05) is 23.4 Å². The molecule has 1 heterocycles. The Balaban J connectivity index is 0.000000548. The van der Waals surface area contributed by atoms with Gasteiger partial charge in [-0.15, -0.1) is 0 Å². The van der Waals surface area contributed by atoms with Crippen molar-refractivity contribution in [2.24, 2.45) is 0 Å². The van der Waals surface area contributed by atoms with Crippen molar-refractivity contribution < 1.29 is 31.8 Å². The fraction of sp³-hybridized carbons (Fsp3) is 0.619. The van der Waals surface area contributed by atoms with Crippen LogP contribution in [0.1, 0.15) is 26.7 Å². The minimum absolute atomic E-state index is 0.00240. The van der Waals surface area contributed by atoms with E-state index < -0.39 is 30.8 Å². The van der Waals surface area contributed by atoms with Gasteiger partial charge in [0.25, 0.3) is 18.4 Å². The summed E-state index contributed by atoms with van der Waals surface area (Å²) in [5.41, 5.74) is -0.736. The van der Waals surface area contributed by atoms with Crippen LogP contribution >= 0.6 is 39.3 Å². The number of thioether (sulfide) groups is 1. The molecular formula is C21H29BrClF5N4O3S. The van der Waals surface area contributed by atoms with Crippen molar-refractivity contribution in [1.82, 2.24) is 20.6 Å². The minimum atomic E-state index is -2.44. The maximum atomic E-state index is 14.5. The lowest BCUT2D eigenvalue weighted by molar-refractivity contribution is 0.139. The van der Waals surface area contributed by atoms with Crippen molar-refractivity contribution >= 4 is 50.2 Å². The molecule has 2 atom stereocenters. The molecular weight excluding hydrogens is 599 g/mol. The molecule has 4 N–H and O–H groups in total. The lowest BCUT2D eigenvalue weighted by Crippen LogP contribution is -2.31. The van der Waals surface area contributed by atoms with Crippen LogP contribution in [0.25, 0.3) is 10.9 Å². The van der Waals surface area contributed by atoms with Crippen LogP contribution in [0.2, 0.25) is 5.02 Å². The Labute approximate surface area is 223 Å². The molecule has 7 nitrogen and oxygen atoms in total. The molecule has 0 radical (unpaired) electrons. The second-order valence-electron chi connectivity index (χ2n) is 7.62. The summed E-state index contributed by atoms with van der Waals surface area (Å²) < 4.78 is 67.4. The van der Waals surface area contributed by atoms with Crippen molar-refractivity contribution in [3.63, 3.8) is 0 Å². The molecule has 0 saturated carbocycles. The third kappa shape index (κ3) is 10.7. The number of aliphatic hydroxyl groups is 1. The Kier molecular flexibility index (Phi) is 15.2. The van der Waals surface area contributed by atoms with Crippen LogP contribution < -0.4 is 20.9 Å². The number of halogens is 7. The lowest BCUT2D eigenvalue weighted by Gasteiger charge is -2.16. The third-order valence-corrected chi connectivity index (χ3v) is 6.62. The number of alkyl halides is 4. The van der Waals surface area contributed by atoms with Gasteiger partial charge in [0.15, 0.2) is 16.7 Å². The van der Waals surface area contributed by atoms with Gasteiger partial charge in [-0.2, -0.15) is 0 Å². The molecule has 15 heteroatoms. The van der Waals surface area contributed by atoms with Crippen LogP contribution in [0.3, 0.4) is 0 Å². The zero-order valence-electron chi connectivity index (χ0n) is 19.8. The standard InChI is InChI=1S/C15H16BrClF3N3O2S.C6H13F2NO/c1-6(21-5-7(18)19)3-4-25-13-8-12(11(20)9(16)10(13)17)22-15(26-2)23-14(8)24;1-5(2-3-10)9-4-6(7)8/h6-7,21H,3-5H2,1-2H3,(H,22,23,24);5-6,9-10H,2-4H2,1H3/t6-;5-/m11/s1. The number of fused-ring (bicyclic) bond motifs is 1. The number of benzene rings is 1. The predicted octanol–water partition coefficient (Wildman–Crippen LogP) is 4.82. The second kappa shape index (κ2) is 16.6. The molecule has 0 bridgehead atoms. The van der Waals surface area contributed by atoms with Crippen molar-refractivity contribution in [1.29, 1.82) is 0 Å². The first-order valence-electron chi connectivity index (χ1n) is 10.8. The minimum Gasteiger partial charge on any atom is -0.491 e. The van der Waals surface area contributed by atoms with E-state index in [4.69, 9.17) is 21.4 Å². The van der Waals surface area contributed by atoms with Gasteiger partial charge in [-0.05, 0) is 48.9 Å². The van der Waals surface area contributed by atoms with Gasteiger partial charge >= 0.3 is 0 Å². The van der Waals surface area contributed by atoms with Crippen molar-refractivity contribution in [3.05, 3.63) is 25.7 Å². The number of hydrogen-bond donors (Lipinski definition) is 4. The smallest absolute Gasteiger partial charge is 0.263 e. The van der Waals surface area contributed by atoms with Gasteiger partial charge in [-0.25, -0.2) is 26.9 Å². The summed E-state index contributed by atoms with van der Waals surface area (Å²) in [4.78, 5) is 18.9. The van der Waals surface area contributed by atoms with E-state index >= 15 is 0 Å². The Morgan fingerprint density at radius 1 is 1.14 bits per heavy atom. The SMILES string of the molecule is CSc1nc2c(F)c(Br)c(Cl)c(OCC[C@@H](C)NCC(F)F)c2c(=O)[nH]1.C[C@H](CCO)NCC(F)F. The average Bonchev–Trinajstić information content (AvgIpc) is 2.82. The molecule has 0 saturated heterocycles. The highest BCUT2D eigenvalue weighted by Crippen LogP contribution is 2.40. The summed E-state index contributed by atoms with van der Waals surface area (Å²) in [6.07, 6.45) is -2.15. The fourth-order valence-corrected chi connectivity index (χ4v) is 3.76. The molecule has 0 amide bonds. The molecule has 0 unspecified atom stereocenters. The highest BCUT2D eigenvalue weighted by Gasteiger charge is 2.22. The summed E-state index contributed by atoms with van der Waals surface area (Å²) in [5.74, 6) is -0.761. The van der Waals surface area contributed by atoms with Crippen LogP contribution in [0, 0.1) is 5.82 Å². The van der Waals surface area contributed by atoms with E-state index in [9.17, 15) is 26.7 Å². The molecule has 36 heavy (non-hydrogen) atoms. The van der Waals surface area contributed by atoms with E-state index in [0.29, 0.717) is 12.8 Å². The van der Waals surface area contributed by atoms with E-state index in [1.54, 1.807) is 20.1 Å². The average molecular weight is 628 g/mol. The number of ether oxygens (including phenoxy) is 1. The van der Waals surface area contributed by atoms with Gasteiger partial charge in [0, 0.05) is 18.7 Å². The van der Waals surface area contributed by atoms with Crippen LogP contribution in [-0.2, 0) is 0 Å². The van der Waals surface area contributed by atoms with Crippen LogP contribution in [0.4, 0.5) is 22.0 Å². The molecule has 206 valence electrons. The number of nitrogens with zero attached hydrogens (tertiary/aromatic N) is 1. The van der Waals surface area contributed by atoms with Crippen LogP contribution in [0.5, 0.6) is 5.75 Å². The van der Waals surface area contributed by atoms with Crippen LogP contribution in [-0.4, -0.2) is 72.6 Å². The molecule has 0 aliphatic carbocycles. The highest BCUT2D eigenvalue weighted by atomic mass is 79.9. The van der Waals surface area contributed by atoms with Crippen molar-refractivity contribution in [2.45, 2.75) is 56.8 Å². The molecule has 1 aromatic heterocycles. The van der Waals surface area contributed by atoms with Crippen LogP contribution in [0.15, 0.2) is 14.4 Å². The van der Waals surface area contributed by atoms with Gasteiger partial charge in [0.1, 0.15) is 15.9 Å². The highest BCUT2D eigenvalue weighted by molar-refractivity contribution is 9.10. The topological polar surface area (TPSA) is 99.3 Å². The van der Waals surface area contributed by atoms with E-state index in [2.05, 4.69) is 36.5 Å². The molecule has 0 aliphatic rings. The van der Waals surface area contributed by atoms with Crippen molar-refractivity contribution in [3.8, 4) is 5.75 Å². The second-order valence-corrected chi connectivity index (χ2v) is 9.59. The first-order chi connectivity index (χ1) is 16.9. The number of aliphatic hydroxyl groups excluding tert-OH is 1. The Morgan fingerprint density at radius 3 is 2.19 bits per heavy atom. The number of rotatable bonds is 13. The largest absolute Gasteiger partial charge is 0.491 e. The summed E-state index contributed by atoms with van der Waals surface area (Å²) >= 11 is 10.3. The van der Waals surface area contributed by atoms with Gasteiger partial charge in [-0.3, -0.25) is 4.79 Å². The summed E-state index contributed by atoms with van der Waals surface area (Å²) in [7, 11) is 0. The molecule has 0 fully saturated rings. The van der Waals surface area contributed by atoms with E-state index in [0.717, 1.165) is 11.8 Å². The first-order valence-corrected chi connectivity index (χ1v) is 13.2. The Hall–Kier alpha value is -1.19. The fourth-order valence-electron chi connectivity index (χ4n) is 2.78. The zero-order chi connectivity index (χ0) is 27.4. The quantitative estimate of drug-likeness (QED) is 0.109. The molecule has 0 spiro atoms. The number of H-pyrrole nitrogens is 1. The third-order valence-electron chi connectivity index (χ3n) is 4.71. The molecule has 2 rings (SSSR count). The van der Waals surface area contributed by atoms with E-state index in [1.165, 1.54) is 0 Å². The molecule has 0 aliphatic heterocycles. The summed E-state index contributed by atoms with van der Waals surface area (Å²) in [5, 5.41) is 13.7. The van der Waals surface area contributed by atoms with Gasteiger partial charge in [0.2, 0.25) is 0 Å².